The number of aryl methyl sites for hydroxylation is 1. The highest BCUT2D eigenvalue weighted by Gasteiger charge is 2.36. The first kappa shape index (κ1) is 23.7. The molecule has 35 heavy (non-hydrogen) atoms. The lowest BCUT2D eigenvalue weighted by atomic mass is 10.1. The number of halogens is 1. The van der Waals surface area contributed by atoms with Crippen molar-refractivity contribution >= 4 is 63.1 Å². The van der Waals surface area contributed by atoms with Gasteiger partial charge in [0.05, 0.1) is 16.1 Å². The normalized spacial score (nSPS) is 17.8. The van der Waals surface area contributed by atoms with Gasteiger partial charge in [0.15, 0.2) is 0 Å². The van der Waals surface area contributed by atoms with E-state index in [0.29, 0.717) is 15.6 Å². The van der Waals surface area contributed by atoms with E-state index in [2.05, 4.69) is 18.3 Å². The number of para-hydroxylation sites is 1. The maximum Gasteiger partial charge on any atom is 0.298 e. The SMILES string of the molecule is CCc1cccc2c(/C=C3\SC(=O)N(c4ccc(Cl)cc4)C3=O)cn(CC(=O)NC3CCCC3)c12. The largest absolute Gasteiger partial charge is 0.352 e. The molecule has 6 nitrogen and oxygen atoms in total. The van der Waals surface area contributed by atoms with Gasteiger partial charge in [-0.1, -0.05) is 49.6 Å². The Morgan fingerprint density at radius 1 is 1.14 bits per heavy atom. The average Bonchev–Trinajstić information content (AvgIpc) is 3.54. The van der Waals surface area contributed by atoms with Crippen LogP contribution in [0.25, 0.3) is 17.0 Å². The van der Waals surface area contributed by atoms with Crippen molar-refractivity contribution in [3.8, 4) is 0 Å². The van der Waals surface area contributed by atoms with Gasteiger partial charge >= 0.3 is 0 Å². The maximum atomic E-state index is 13.2. The highest BCUT2D eigenvalue weighted by Crippen LogP contribution is 2.37. The Kier molecular flexibility index (Phi) is 6.71. The van der Waals surface area contributed by atoms with Gasteiger partial charge in [-0.15, -0.1) is 0 Å². The molecule has 3 amide bonds. The van der Waals surface area contributed by atoms with E-state index in [1.807, 2.05) is 22.9 Å². The second-order valence-electron chi connectivity index (χ2n) is 8.92. The number of hydrogen-bond donors (Lipinski definition) is 1. The number of thioether (sulfide) groups is 1. The van der Waals surface area contributed by atoms with Crippen molar-refractivity contribution in [1.82, 2.24) is 9.88 Å². The van der Waals surface area contributed by atoms with Gasteiger partial charge in [0, 0.05) is 28.2 Å². The molecule has 3 aromatic rings. The highest BCUT2D eigenvalue weighted by molar-refractivity contribution is 8.19. The topological polar surface area (TPSA) is 71.4 Å². The molecule has 8 heteroatoms. The van der Waals surface area contributed by atoms with Crippen LogP contribution < -0.4 is 10.2 Å². The van der Waals surface area contributed by atoms with E-state index in [1.54, 1.807) is 30.3 Å². The number of rotatable bonds is 6. The van der Waals surface area contributed by atoms with Crippen LogP contribution in [0.4, 0.5) is 10.5 Å². The van der Waals surface area contributed by atoms with Crippen LogP contribution >= 0.6 is 23.4 Å². The predicted octanol–water partition coefficient (Wildman–Crippen LogP) is 6.16. The Labute approximate surface area is 213 Å². The number of nitrogens with one attached hydrogen (secondary N) is 1. The standard InChI is InChI=1S/C27H26ClN3O3S/c1-2-17-6-5-9-22-18(15-30(25(17)22)16-24(32)29-20-7-3-4-8-20)14-23-26(33)31(27(34)35-23)21-12-10-19(28)11-13-21/h5-6,9-15,20H,2-4,7-8,16H2,1H3,(H,29,32)/b23-14-. The number of benzene rings is 2. The lowest BCUT2D eigenvalue weighted by molar-refractivity contribution is -0.122. The fourth-order valence-corrected chi connectivity index (χ4v) is 5.87. The Bertz CT molecular complexity index is 1340. The van der Waals surface area contributed by atoms with Crippen LogP contribution in [0, 0.1) is 0 Å². The lowest BCUT2D eigenvalue weighted by Gasteiger charge is -2.13. The summed E-state index contributed by atoms with van der Waals surface area (Å²) in [5.74, 6) is -0.372. The molecule has 0 bridgehead atoms. The average molecular weight is 508 g/mol. The number of carbonyl (C=O) groups is 3. The molecular weight excluding hydrogens is 482 g/mol. The molecule has 180 valence electrons. The van der Waals surface area contributed by atoms with Crippen LogP contribution in [0.2, 0.25) is 5.02 Å². The zero-order chi connectivity index (χ0) is 24.5. The molecule has 2 aromatic carbocycles. The molecule has 1 saturated heterocycles. The Balaban J connectivity index is 1.48. The fraction of sp³-hybridized carbons (Fsp3) is 0.296. The molecule has 0 atom stereocenters. The van der Waals surface area contributed by atoms with Crippen LogP contribution in [0.15, 0.2) is 53.6 Å². The second-order valence-corrected chi connectivity index (χ2v) is 10.4. The Morgan fingerprint density at radius 3 is 2.60 bits per heavy atom. The van der Waals surface area contributed by atoms with Crippen LogP contribution in [0.1, 0.15) is 43.7 Å². The van der Waals surface area contributed by atoms with E-state index in [-0.39, 0.29) is 29.6 Å². The number of hydrogen-bond acceptors (Lipinski definition) is 4. The van der Waals surface area contributed by atoms with E-state index in [1.165, 1.54) is 4.90 Å². The van der Waals surface area contributed by atoms with Crippen LogP contribution in [-0.2, 0) is 22.6 Å². The van der Waals surface area contributed by atoms with Gasteiger partial charge < -0.3 is 9.88 Å². The fourth-order valence-electron chi connectivity index (χ4n) is 4.91. The molecular formula is C27H26ClN3O3S. The molecule has 1 aliphatic carbocycles. The molecule has 0 radical (unpaired) electrons. The molecule has 2 fully saturated rings. The molecule has 1 aromatic heterocycles. The summed E-state index contributed by atoms with van der Waals surface area (Å²) in [6.07, 6.45) is 8.87. The third-order valence-corrected chi connectivity index (χ3v) is 7.71. The van der Waals surface area contributed by atoms with E-state index >= 15 is 0 Å². The number of fused-ring (bicyclic) bond motifs is 1. The minimum absolute atomic E-state index is 0.00526. The first-order valence-electron chi connectivity index (χ1n) is 11.9. The highest BCUT2D eigenvalue weighted by atomic mass is 35.5. The molecule has 1 saturated carbocycles. The summed E-state index contributed by atoms with van der Waals surface area (Å²) in [6.45, 7) is 2.30. The van der Waals surface area contributed by atoms with Crippen molar-refractivity contribution in [2.45, 2.75) is 51.6 Å². The summed E-state index contributed by atoms with van der Waals surface area (Å²) in [7, 11) is 0. The van der Waals surface area contributed by atoms with Gasteiger partial charge in [-0.3, -0.25) is 14.4 Å². The number of imide groups is 1. The molecule has 2 aliphatic rings. The molecule has 0 spiro atoms. The van der Waals surface area contributed by atoms with Gasteiger partial charge in [-0.05, 0) is 66.9 Å². The van der Waals surface area contributed by atoms with E-state index in [0.717, 1.165) is 65.9 Å². The summed E-state index contributed by atoms with van der Waals surface area (Å²) in [5, 5.41) is 4.30. The number of aromatic nitrogens is 1. The summed E-state index contributed by atoms with van der Waals surface area (Å²) in [6, 6.07) is 12.9. The van der Waals surface area contributed by atoms with Crippen molar-refractivity contribution < 1.29 is 14.4 Å². The third-order valence-electron chi connectivity index (χ3n) is 6.59. The zero-order valence-corrected chi connectivity index (χ0v) is 21.0. The Hall–Kier alpha value is -3.03. The van der Waals surface area contributed by atoms with Gasteiger partial charge in [-0.2, -0.15) is 0 Å². The minimum atomic E-state index is -0.367. The zero-order valence-electron chi connectivity index (χ0n) is 19.4. The molecule has 5 rings (SSSR count). The van der Waals surface area contributed by atoms with E-state index in [4.69, 9.17) is 11.6 Å². The maximum absolute atomic E-state index is 13.2. The van der Waals surface area contributed by atoms with Crippen LogP contribution in [0.3, 0.4) is 0 Å². The number of amides is 3. The smallest absolute Gasteiger partial charge is 0.298 e. The summed E-state index contributed by atoms with van der Waals surface area (Å²) >= 11 is 6.87. The van der Waals surface area contributed by atoms with Crippen molar-refractivity contribution in [2.24, 2.45) is 0 Å². The number of carbonyl (C=O) groups excluding carboxylic acids is 3. The summed E-state index contributed by atoms with van der Waals surface area (Å²) in [5.41, 5.74) is 3.41. The van der Waals surface area contributed by atoms with Gasteiger partial charge in [-0.25, -0.2) is 4.90 Å². The first-order chi connectivity index (χ1) is 16.9. The number of anilines is 1. The van der Waals surface area contributed by atoms with Crippen molar-refractivity contribution in [1.29, 1.82) is 0 Å². The summed E-state index contributed by atoms with van der Waals surface area (Å²) < 4.78 is 1.97. The van der Waals surface area contributed by atoms with Crippen molar-refractivity contribution in [2.75, 3.05) is 4.90 Å². The second kappa shape index (κ2) is 9.91. The quantitative estimate of drug-likeness (QED) is 0.406. The predicted molar refractivity (Wildman–Crippen MR) is 142 cm³/mol. The molecule has 2 heterocycles. The van der Waals surface area contributed by atoms with Crippen LogP contribution in [0.5, 0.6) is 0 Å². The monoisotopic (exact) mass is 507 g/mol. The lowest BCUT2D eigenvalue weighted by Crippen LogP contribution is -2.35. The third kappa shape index (κ3) is 4.75. The van der Waals surface area contributed by atoms with Crippen molar-refractivity contribution in [3.05, 3.63) is 69.7 Å². The first-order valence-corrected chi connectivity index (χ1v) is 13.1. The molecule has 1 aliphatic heterocycles. The van der Waals surface area contributed by atoms with Gasteiger partial charge in [0.25, 0.3) is 11.1 Å². The summed E-state index contributed by atoms with van der Waals surface area (Å²) in [4.78, 5) is 40.2. The number of nitrogens with zero attached hydrogens (tertiary/aromatic N) is 2. The van der Waals surface area contributed by atoms with E-state index in [9.17, 15) is 14.4 Å². The van der Waals surface area contributed by atoms with Gasteiger partial charge in [0.2, 0.25) is 5.91 Å². The van der Waals surface area contributed by atoms with Gasteiger partial charge in [0.1, 0.15) is 6.54 Å². The van der Waals surface area contributed by atoms with Crippen molar-refractivity contribution in [3.63, 3.8) is 0 Å². The Morgan fingerprint density at radius 2 is 1.89 bits per heavy atom. The van der Waals surface area contributed by atoms with Crippen LogP contribution in [-0.4, -0.2) is 27.7 Å². The molecule has 0 unspecified atom stereocenters. The molecule has 1 N–H and O–H groups in total. The van der Waals surface area contributed by atoms with E-state index < -0.39 is 0 Å². The minimum Gasteiger partial charge on any atom is -0.352 e.